The minimum Gasteiger partial charge on any atom is -0.452 e. The zero-order chi connectivity index (χ0) is 19.8. The van der Waals surface area contributed by atoms with Gasteiger partial charge in [0.1, 0.15) is 5.82 Å². The Labute approximate surface area is 162 Å². The van der Waals surface area contributed by atoms with Crippen molar-refractivity contribution in [2.45, 2.75) is 6.54 Å². The van der Waals surface area contributed by atoms with Crippen LogP contribution in [0, 0.1) is 5.82 Å². The van der Waals surface area contributed by atoms with Crippen LogP contribution in [0.4, 0.5) is 10.1 Å². The lowest BCUT2D eigenvalue weighted by Gasteiger charge is -2.12. The molecule has 0 aliphatic heterocycles. The van der Waals surface area contributed by atoms with Crippen LogP contribution in [-0.4, -0.2) is 32.6 Å². The Morgan fingerprint density at radius 2 is 1.89 bits per heavy atom. The monoisotopic (exact) mass is 390 g/mol. The Hall–Kier alpha value is -2.86. The van der Waals surface area contributed by atoms with E-state index < -0.39 is 24.3 Å². The molecule has 1 N–H and O–H groups in total. The molecular weight excluding hydrogens is 371 g/mol. The first-order chi connectivity index (χ1) is 12.9. The molecule has 2 aromatic carbocycles. The molecule has 5 nitrogen and oxygen atoms in total. The molecule has 0 aliphatic carbocycles. The third-order valence-corrected chi connectivity index (χ3v) is 4.00. The number of anilines is 1. The van der Waals surface area contributed by atoms with E-state index in [-0.39, 0.29) is 10.6 Å². The van der Waals surface area contributed by atoms with Crippen molar-refractivity contribution in [3.05, 3.63) is 70.5 Å². The van der Waals surface area contributed by atoms with Gasteiger partial charge in [-0.3, -0.25) is 4.79 Å². The van der Waals surface area contributed by atoms with E-state index in [1.54, 1.807) is 0 Å². The van der Waals surface area contributed by atoms with Gasteiger partial charge in [-0.15, -0.1) is 0 Å². The zero-order valence-corrected chi connectivity index (χ0v) is 15.8. The summed E-state index contributed by atoms with van der Waals surface area (Å²) in [5.74, 6) is -1.75. The Morgan fingerprint density at radius 3 is 2.52 bits per heavy atom. The average molecular weight is 391 g/mol. The second-order valence-corrected chi connectivity index (χ2v) is 6.32. The van der Waals surface area contributed by atoms with Crippen molar-refractivity contribution in [2.24, 2.45) is 0 Å². The molecule has 0 heterocycles. The van der Waals surface area contributed by atoms with Gasteiger partial charge in [0.25, 0.3) is 5.91 Å². The molecule has 2 rings (SSSR count). The van der Waals surface area contributed by atoms with Gasteiger partial charge in [0.05, 0.1) is 5.02 Å². The fourth-order valence-electron chi connectivity index (χ4n) is 2.17. The van der Waals surface area contributed by atoms with E-state index in [1.807, 2.05) is 43.3 Å². The first-order valence-electron chi connectivity index (χ1n) is 8.18. The van der Waals surface area contributed by atoms with Gasteiger partial charge in [-0.25, -0.2) is 9.18 Å². The maximum Gasteiger partial charge on any atom is 0.331 e. The Kier molecular flexibility index (Phi) is 7.37. The number of hydrogen-bond acceptors (Lipinski definition) is 4. The summed E-state index contributed by atoms with van der Waals surface area (Å²) >= 11 is 5.86. The quantitative estimate of drug-likeness (QED) is 0.581. The molecule has 0 spiro atoms. The smallest absolute Gasteiger partial charge is 0.331 e. The summed E-state index contributed by atoms with van der Waals surface area (Å²) in [5.41, 5.74) is 2.07. The maximum atomic E-state index is 13.6. The Balaban J connectivity index is 1.78. The van der Waals surface area contributed by atoms with Gasteiger partial charge < -0.3 is 15.0 Å². The lowest BCUT2D eigenvalue weighted by Crippen LogP contribution is -2.28. The standard InChI is InChI=1S/C20H20ClFN2O3/c1-24(2)15-8-6-14(7-9-15)12-23-19(25)13-27-20(26)11-10-16-17(21)4-3-5-18(16)22/h3-11H,12-13H2,1-2H3,(H,23,25)/b11-10+. The SMILES string of the molecule is CN(C)c1ccc(CNC(=O)COC(=O)/C=C/c2c(F)cccc2Cl)cc1. The molecule has 0 saturated heterocycles. The van der Waals surface area contributed by atoms with Gasteiger partial charge in [0.15, 0.2) is 6.61 Å². The molecule has 0 saturated carbocycles. The van der Waals surface area contributed by atoms with Gasteiger partial charge in [-0.1, -0.05) is 29.8 Å². The summed E-state index contributed by atoms with van der Waals surface area (Å²) < 4.78 is 18.4. The molecule has 142 valence electrons. The van der Waals surface area contributed by atoms with Crippen molar-refractivity contribution in [3.8, 4) is 0 Å². The van der Waals surface area contributed by atoms with Crippen molar-refractivity contribution in [3.63, 3.8) is 0 Å². The topological polar surface area (TPSA) is 58.6 Å². The first-order valence-corrected chi connectivity index (χ1v) is 8.56. The van der Waals surface area contributed by atoms with Crippen LogP contribution in [-0.2, 0) is 20.9 Å². The molecule has 2 aromatic rings. The molecule has 0 unspecified atom stereocenters. The highest BCUT2D eigenvalue weighted by molar-refractivity contribution is 6.32. The zero-order valence-electron chi connectivity index (χ0n) is 15.0. The molecule has 0 aliphatic rings. The minimum absolute atomic E-state index is 0.0849. The average Bonchev–Trinajstić information content (AvgIpc) is 2.64. The molecule has 0 aromatic heterocycles. The first kappa shape index (κ1) is 20.5. The van der Waals surface area contributed by atoms with Crippen LogP contribution >= 0.6 is 11.6 Å². The number of benzene rings is 2. The number of halogens is 2. The van der Waals surface area contributed by atoms with Gasteiger partial charge in [-0.05, 0) is 35.9 Å². The summed E-state index contributed by atoms with van der Waals surface area (Å²) in [7, 11) is 3.89. The van der Waals surface area contributed by atoms with E-state index in [4.69, 9.17) is 16.3 Å². The molecule has 0 atom stereocenters. The van der Waals surface area contributed by atoms with Gasteiger partial charge in [-0.2, -0.15) is 0 Å². The van der Waals surface area contributed by atoms with Crippen LogP contribution in [0.2, 0.25) is 5.02 Å². The maximum absolute atomic E-state index is 13.6. The summed E-state index contributed by atoms with van der Waals surface area (Å²) in [6.07, 6.45) is 2.24. The van der Waals surface area contributed by atoms with Crippen molar-refractivity contribution >= 4 is 35.2 Å². The Bertz CT molecular complexity index is 815. The summed E-state index contributed by atoms with van der Waals surface area (Å²) in [6.45, 7) is -0.102. The van der Waals surface area contributed by atoms with Crippen LogP contribution in [0.5, 0.6) is 0 Å². The summed E-state index contributed by atoms with van der Waals surface area (Å²) in [6, 6.07) is 11.9. The van der Waals surface area contributed by atoms with Crippen molar-refractivity contribution in [2.75, 3.05) is 25.6 Å². The third kappa shape index (κ3) is 6.42. The highest BCUT2D eigenvalue weighted by atomic mass is 35.5. The second kappa shape index (κ2) is 9.73. The molecule has 0 bridgehead atoms. The van der Waals surface area contributed by atoms with Crippen molar-refractivity contribution < 1.29 is 18.7 Å². The number of hydrogen-bond donors (Lipinski definition) is 1. The Morgan fingerprint density at radius 1 is 1.19 bits per heavy atom. The van der Waals surface area contributed by atoms with Crippen LogP contribution in [0.25, 0.3) is 6.08 Å². The van der Waals surface area contributed by atoms with E-state index >= 15 is 0 Å². The van der Waals surface area contributed by atoms with Crippen LogP contribution < -0.4 is 10.2 Å². The number of amides is 1. The number of ether oxygens (including phenoxy) is 1. The lowest BCUT2D eigenvalue weighted by atomic mass is 10.2. The third-order valence-electron chi connectivity index (χ3n) is 3.67. The van der Waals surface area contributed by atoms with Crippen molar-refractivity contribution in [1.82, 2.24) is 5.32 Å². The highest BCUT2D eigenvalue weighted by Crippen LogP contribution is 2.20. The van der Waals surface area contributed by atoms with E-state index in [0.717, 1.165) is 17.3 Å². The number of nitrogens with zero attached hydrogens (tertiary/aromatic N) is 1. The molecule has 1 amide bonds. The van der Waals surface area contributed by atoms with Crippen LogP contribution in [0.1, 0.15) is 11.1 Å². The fourth-order valence-corrected chi connectivity index (χ4v) is 2.40. The number of nitrogens with one attached hydrogen (secondary N) is 1. The normalized spacial score (nSPS) is 10.7. The van der Waals surface area contributed by atoms with Gasteiger partial charge in [0.2, 0.25) is 0 Å². The number of carbonyl (C=O) groups is 2. The summed E-state index contributed by atoms with van der Waals surface area (Å²) in [5, 5.41) is 2.84. The lowest BCUT2D eigenvalue weighted by molar-refractivity contribution is -0.143. The van der Waals surface area contributed by atoms with Gasteiger partial charge >= 0.3 is 5.97 Å². The van der Waals surface area contributed by atoms with Crippen LogP contribution in [0.15, 0.2) is 48.5 Å². The van der Waals surface area contributed by atoms with Crippen LogP contribution in [0.3, 0.4) is 0 Å². The van der Waals surface area contributed by atoms with E-state index in [2.05, 4.69) is 5.32 Å². The van der Waals surface area contributed by atoms with Gasteiger partial charge in [0, 0.05) is 38.0 Å². The molecule has 7 heteroatoms. The number of esters is 1. The fraction of sp³-hybridized carbons (Fsp3) is 0.200. The van der Waals surface area contributed by atoms with E-state index in [0.29, 0.717) is 6.54 Å². The predicted molar refractivity (Wildman–Crippen MR) is 104 cm³/mol. The summed E-state index contributed by atoms with van der Waals surface area (Å²) in [4.78, 5) is 25.4. The molecule has 0 fully saturated rings. The van der Waals surface area contributed by atoms with Crippen molar-refractivity contribution in [1.29, 1.82) is 0 Å². The van der Waals surface area contributed by atoms with E-state index in [9.17, 15) is 14.0 Å². The highest BCUT2D eigenvalue weighted by Gasteiger charge is 2.07. The largest absolute Gasteiger partial charge is 0.452 e. The molecule has 27 heavy (non-hydrogen) atoms. The number of rotatable bonds is 7. The van der Waals surface area contributed by atoms with E-state index in [1.165, 1.54) is 24.3 Å². The second-order valence-electron chi connectivity index (χ2n) is 5.91. The molecular formula is C20H20ClFN2O3. The number of carbonyl (C=O) groups excluding carboxylic acids is 2. The predicted octanol–water partition coefficient (Wildman–Crippen LogP) is 3.42. The molecule has 0 radical (unpaired) electrons. The minimum atomic E-state index is -0.764.